The molecule has 0 saturated heterocycles. The fourth-order valence-electron chi connectivity index (χ4n) is 2.47. The van der Waals surface area contributed by atoms with Crippen LogP contribution in [0.15, 0.2) is 42.5 Å². The van der Waals surface area contributed by atoms with Gasteiger partial charge in [0, 0.05) is 18.8 Å². The number of carbonyl (C=O) groups is 1. The van der Waals surface area contributed by atoms with Crippen molar-refractivity contribution in [3.05, 3.63) is 48.0 Å². The number of amides is 1. The van der Waals surface area contributed by atoms with Crippen LogP contribution in [-0.4, -0.2) is 33.2 Å². The summed E-state index contributed by atoms with van der Waals surface area (Å²) >= 11 is 0. The van der Waals surface area contributed by atoms with Gasteiger partial charge in [0.1, 0.15) is 18.1 Å². The fraction of sp³-hybridized carbons (Fsp3) is 0.235. The first-order valence-electron chi connectivity index (χ1n) is 7.11. The number of benzene rings is 2. The first-order chi connectivity index (χ1) is 10.7. The minimum atomic E-state index is -0.207. The van der Waals surface area contributed by atoms with Crippen molar-refractivity contribution >= 4 is 17.3 Å². The van der Waals surface area contributed by atoms with Crippen molar-refractivity contribution in [2.24, 2.45) is 0 Å². The van der Waals surface area contributed by atoms with E-state index in [1.54, 1.807) is 19.2 Å². The van der Waals surface area contributed by atoms with Crippen molar-refractivity contribution in [3.63, 3.8) is 0 Å². The smallest absolute Gasteiger partial charge is 0.259 e. The van der Waals surface area contributed by atoms with E-state index < -0.39 is 0 Å². The van der Waals surface area contributed by atoms with Crippen molar-refractivity contribution in [2.45, 2.75) is 0 Å². The van der Waals surface area contributed by atoms with Crippen LogP contribution in [0.2, 0.25) is 0 Å². The summed E-state index contributed by atoms with van der Waals surface area (Å²) in [7, 11) is 3.57. The lowest BCUT2D eigenvalue weighted by Crippen LogP contribution is -2.28. The Labute approximate surface area is 129 Å². The second-order valence-corrected chi connectivity index (χ2v) is 5.11. The molecule has 0 saturated carbocycles. The Hall–Kier alpha value is -2.69. The Morgan fingerprint density at radius 1 is 1.27 bits per heavy atom. The highest BCUT2D eigenvalue weighted by Crippen LogP contribution is 2.33. The first kappa shape index (κ1) is 14.3. The van der Waals surface area contributed by atoms with E-state index in [-0.39, 0.29) is 5.91 Å². The third kappa shape index (κ3) is 2.70. The summed E-state index contributed by atoms with van der Waals surface area (Å²) in [6, 6.07) is 12.8. The highest BCUT2D eigenvalue weighted by Gasteiger charge is 2.17. The van der Waals surface area contributed by atoms with Gasteiger partial charge in [-0.3, -0.25) is 4.79 Å². The van der Waals surface area contributed by atoms with Crippen LogP contribution < -0.4 is 19.7 Å². The highest BCUT2D eigenvalue weighted by molar-refractivity contribution is 6.06. The molecule has 5 heteroatoms. The highest BCUT2D eigenvalue weighted by atomic mass is 16.5. The van der Waals surface area contributed by atoms with Crippen molar-refractivity contribution in [1.82, 2.24) is 0 Å². The molecule has 3 rings (SSSR count). The monoisotopic (exact) mass is 298 g/mol. The van der Waals surface area contributed by atoms with Gasteiger partial charge in [0.15, 0.2) is 0 Å². The van der Waals surface area contributed by atoms with E-state index in [1.807, 2.05) is 37.4 Å². The Bertz CT molecular complexity index is 700. The van der Waals surface area contributed by atoms with E-state index >= 15 is 0 Å². The second kappa shape index (κ2) is 5.97. The molecule has 5 nitrogen and oxygen atoms in total. The SMILES string of the molecule is COc1ccccc1C(=O)Nc1ccc2c(c1)OCCN2C. The minimum Gasteiger partial charge on any atom is -0.496 e. The number of carbonyl (C=O) groups excluding carboxylic acids is 1. The van der Waals surface area contributed by atoms with Crippen LogP contribution in [0.3, 0.4) is 0 Å². The predicted molar refractivity (Wildman–Crippen MR) is 86.2 cm³/mol. The van der Waals surface area contributed by atoms with Crippen LogP contribution in [0.1, 0.15) is 10.4 Å². The lowest BCUT2D eigenvalue weighted by Gasteiger charge is -2.28. The van der Waals surface area contributed by atoms with Gasteiger partial charge in [-0.05, 0) is 24.3 Å². The number of hydrogen-bond donors (Lipinski definition) is 1. The standard InChI is InChI=1S/C17H18N2O3/c1-19-9-10-22-16-11-12(7-8-14(16)19)18-17(20)13-5-3-4-6-15(13)21-2/h3-8,11H,9-10H2,1-2H3,(H,18,20). The number of methoxy groups -OCH3 is 1. The fourth-order valence-corrected chi connectivity index (χ4v) is 2.47. The number of ether oxygens (including phenoxy) is 2. The first-order valence-corrected chi connectivity index (χ1v) is 7.11. The Morgan fingerprint density at radius 2 is 2.09 bits per heavy atom. The Balaban J connectivity index is 1.83. The number of rotatable bonds is 3. The second-order valence-electron chi connectivity index (χ2n) is 5.11. The topological polar surface area (TPSA) is 50.8 Å². The maximum absolute atomic E-state index is 12.4. The van der Waals surface area contributed by atoms with Crippen molar-refractivity contribution < 1.29 is 14.3 Å². The van der Waals surface area contributed by atoms with Crippen LogP contribution in [-0.2, 0) is 0 Å². The molecular formula is C17H18N2O3. The molecule has 0 fully saturated rings. The number of hydrogen-bond acceptors (Lipinski definition) is 4. The van der Waals surface area contributed by atoms with Crippen LogP contribution in [0.4, 0.5) is 11.4 Å². The van der Waals surface area contributed by atoms with Crippen LogP contribution >= 0.6 is 0 Å². The molecule has 1 heterocycles. The molecule has 1 aliphatic rings. The summed E-state index contributed by atoms with van der Waals surface area (Å²) in [6.45, 7) is 1.51. The molecule has 0 atom stereocenters. The zero-order chi connectivity index (χ0) is 15.5. The summed E-state index contributed by atoms with van der Waals surface area (Å²) in [5.74, 6) is 1.13. The van der Waals surface area contributed by atoms with E-state index in [2.05, 4.69) is 10.2 Å². The van der Waals surface area contributed by atoms with Crippen molar-refractivity contribution in [3.8, 4) is 11.5 Å². The molecule has 1 aliphatic heterocycles. The molecule has 0 spiro atoms. The van der Waals surface area contributed by atoms with Crippen molar-refractivity contribution in [1.29, 1.82) is 0 Å². The number of anilines is 2. The summed E-state index contributed by atoms with van der Waals surface area (Å²) in [5, 5.41) is 2.88. The molecule has 0 unspecified atom stereocenters. The number of para-hydroxylation sites is 1. The van der Waals surface area contributed by atoms with Crippen LogP contribution in [0, 0.1) is 0 Å². The van der Waals surface area contributed by atoms with Gasteiger partial charge in [0.2, 0.25) is 0 Å². The summed E-state index contributed by atoms with van der Waals surface area (Å²) in [5.41, 5.74) is 2.23. The van der Waals surface area contributed by atoms with E-state index in [9.17, 15) is 4.79 Å². The molecule has 2 aromatic carbocycles. The number of likely N-dealkylation sites (N-methyl/N-ethyl adjacent to an activating group) is 1. The van der Waals surface area contributed by atoms with E-state index in [0.29, 0.717) is 23.6 Å². The molecule has 0 bridgehead atoms. The number of nitrogens with zero attached hydrogens (tertiary/aromatic N) is 1. The zero-order valence-electron chi connectivity index (χ0n) is 12.6. The summed E-state index contributed by atoms with van der Waals surface area (Å²) in [6.07, 6.45) is 0. The molecule has 2 aromatic rings. The molecule has 22 heavy (non-hydrogen) atoms. The average Bonchev–Trinajstić information content (AvgIpc) is 2.55. The predicted octanol–water partition coefficient (Wildman–Crippen LogP) is 2.78. The van der Waals surface area contributed by atoms with E-state index in [0.717, 1.165) is 18.0 Å². The third-order valence-corrected chi connectivity index (χ3v) is 3.66. The van der Waals surface area contributed by atoms with Crippen LogP contribution in [0.25, 0.3) is 0 Å². The average molecular weight is 298 g/mol. The molecule has 114 valence electrons. The zero-order valence-corrected chi connectivity index (χ0v) is 12.6. The number of nitrogens with one attached hydrogen (secondary N) is 1. The van der Waals surface area contributed by atoms with Gasteiger partial charge >= 0.3 is 0 Å². The molecule has 0 aromatic heterocycles. The van der Waals surface area contributed by atoms with Gasteiger partial charge in [0.25, 0.3) is 5.91 Å². The maximum Gasteiger partial charge on any atom is 0.259 e. The number of fused-ring (bicyclic) bond motifs is 1. The largest absolute Gasteiger partial charge is 0.496 e. The Kier molecular flexibility index (Phi) is 3.87. The van der Waals surface area contributed by atoms with Crippen LogP contribution in [0.5, 0.6) is 11.5 Å². The lowest BCUT2D eigenvalue weighted by atomic mass is 10.1. The molecule has 1 amide bonds. The maximum atomic E-state index is 12.4. The quantitative estimate of drug-likeness (QED) is 0.946. The van der Waals surface area contributed by atoms with E-state index in [1.165, 1.54) is 0 Å². The van der Waals surface area contributed by atoms with E-state index in [4.69, 9.17) is 9.47 Å². The lowest BCUT2D eigenvalue weighted by molar-refractivity contribution is 0.102. The molecule has 0 aliphatic carbocycles. The van der Waals surface area contributed by atoms with Gasteiger partial charge in [0.05, 0.1) is 24.9 Å². The van der Waals surface area contributed by atoms with Gasteiger partial charge in [-0.15, -0.1) is 0 Å². The summed E-state index contributed by atoms with van der Waals surface area (Å²) < 4.78 is 10.9. The van der Waals surface area contributed by atoms with Crippen molar-refractivity contribution in [2.75, 3.05) is 37.5 Å². The molecule has 0 radical (unpaired) electrons. The summed E-state index contributed by atoms with van der Waals surface area (Å²) in [4.78, 5) is 14.5. The molecule has 1 N–H and O–H groups in total. The van der Waals surface area contributed by atoms with Gasteiger partial charge in [-0.2, -0.15) is 0 Å². The third-order valence-electron chi connectivity index (χ3n) is 3.66. The van der Waals surface area contributed by atoms with Gasteiger partial charge in [-0.1, -0.05) is 12.1 Å². The van der Waals surface area contributed by atoms with Gasteiger partial charge in [-0.25, -0.2) is 0 Å². The minimum absolute atomic E-state index is 0.207. The van der Waals surface area contributed by atoms with Gasteiger partial charge < -0.3 is 19.7 Å². The normalized spacial score (nSPS) is 13.1. The molecular weight excluding hydrogens is 280 g/mol. The Morgan fingerprint density at radius 3 is 2.91 bits per heavy atom.